The normalized spacial score (nSPS) is 18.0. The molecule has 4 rings (SSSR count). The quantitative estimate of drug-likeness (QED) is 0.688. The highest BCUT2D eigenvalue weighted by atomic mass is 32.2. The molecule has 2 aromatic carbocycles. The lowest BCUT2D eigenvalue weighted by Gasteiger charge is -2.31. The summed E-state index contributed by atoms with van der Waals surface area (Å²) in [7, 11) is -1.90. The van der Waals surface area contributed by atoms with Gasteiger partial charge < -0.3 is 9.88 Å². The van der Waals surface area contributed by atoms with Crippen LogP contribution in [0.2, 0.25) is 0 Å². The molecular formula is C20H21N3O4S2. The Morgan fingerprint density at radius 3 is 2.69 bits per heavy atom. The molecule has 1 fully saturated rings. The number of hydrogen-bond donors (Lipinski definition) is 1. The van der Waals surface area contributed by atoms with Gasteiger partial charge in [-0.2, -0.15) is 4.31 Å². The number of rotatable bonds is 4. The van der Waals surface area contributed by atoms with Crippen LogP contribution in [0.15, 0.2) is 58.2 Å². The predicted molar refractivity (Wildman–Crippen MR) is 114 cm³/mol. The number of hydrogen-bond acceptors (Lipinski definition) is 5. The maximum atomic E-state index is 12.9. The average molecular weight is 432 g/mol. The predicted octanol–water partition coefficient (Wildman–Crippen LogP) is 2.64. The Kier molecular flexibility index (Phi) is 5.28. The second-order valence-electron chi connectivity index (χ2n) is 7.11. The molecule has 1 aliphatic rings. The van der Waals surface area contributed by atoms with Crippen LogP contribution < -0.4 is 10.2 Å². The van der Waals surface area contributed by atoms with Crippen LogP contribution in [0.1, 0.15) is 12.8 Å². The fourth-order valence-corrected chi connectivity index (χ4v) is 6.04. The second kappa shape index (κ2) is 7.74. The molecule has 1 aliphatic heterocycles. The minimum Gasteiger partial charge on any atom is -0.326 e. The van der Waals surface area contributed by atoms with Gasteiger partial charge in [-0.1, -0.05) is 29.5 Å². The van der Waals surface area contributed by atoms with Gasteiger partial charge in [-0.25, -0.2) is 8.42 Å². The van der Waals surface area contributed by atoms with Crippen molar-refractivity contribution in [3.8, 4) is 0 Å². The molecule has 1 N–H and O–H groups in total. The molecule has 152 valence electrons. The lowest BCUT2D eigenvalue weighted by Crippen LogP contribution is -2.43. The van der Waals surface area contributed by atoms with Crippen molar-refractivity contribution in [2.24, 2.45) is 13.0 Å². The van der Waals surface area contributed by atoms with Crippen molar-refractivity contribution < 1.29 is 13.2 Å². The minimum atomic E-state index is -3.61. The molecule has 9 heteroatoms. The second-order valence-corrected chi connectivity index (χ2v) is 10.0. The molecule has 0 spiro atoms. The highest BCUT2D eigenvalue weighted by Gasteiger charge is 2.33. The van der Waals surface area contributed by atoms with Crippen LogP contribution in [0.25, 0.3) is 10.2 Å². The number of fused-ring (bicyclic) bond motifs is 1. The molecule has 0 aliphatic carbocycles. The summed E-state index contributed by atoms with van der Waals surface area (Å²) in [5.41, 5.74) is 1.42. The summed E-state index contributed by atoms with van der Waals surface area (Å²) >= 11 is 1.13. The molecular weight excluding hydrogens is 410 g/mol. The van der Waals surface area contributed by atoms with Gasteiger partial charge in [-0.3, -0.25) is 9.59 Å². The van der Waals surface area contributed by atoms with E-state index in [0.717, 1.165) is 21.6 Å². The van der Waals surface area contributed by atoms with Crippen LogP contribution in [-0.4, -0.2) is 36.3 Å². The van der Waals surface area contributed by atoms with E-state index < -0.39 is 15.9 Å². The molecule has 1 aromatic heterocycles. The summed E-state index contributed by atoms with van der Waals surface area (Å²) in [5, 5.41) is 2.88. The van der Waals surface area contributed by atoms with Gasteiger partial charge in [0.05, 0.1) is 21.0 Å². The molecule has 7 nitrogen and oxygen atoms in total. The maximum Gasteiger partial charge on any atom is 0.307 e. The van der Waals surface area contributed by atoms with Crippen LogP contribution in [-0.2, 0) is 21.9 Å². The Bertz CT molecular complexity index is 1220. The first kappa shape index (κ1) is 19.8. The van der Waals surface area contributed by atoms with Crippen molar-refractivity contribution in [2.45, 2.75) is 17.7 Å². The number of aryl methyl sites for hydroxylation is 1. The van der Waals surface area contributed by atoms with Gasteiger partial charge in [0.25, 0.3) is 0 Å². The van der Waals surface area contributed by atoms with E-state index in [9.17, 15) is 18.0 Å². The summed E-state index contributed by atoms with van der Waals surface area (Å²) in [6.07, 6.45) is 1.26. The molecule has 0 bridgehead atoms. The number of nitrogens with zero attached hydrogens (tertiary/aromatic N) is 2. The first-order valence-electron chi connectivity index (χ1n) is 9.32. The molecule has 1 saturated heterocycles. The van der Waals surface area contributed by atoms with Gasteiger partial charge in [-0.15, -0.1) is 0 Å². The lowest BCUT2D eigenvalue weighted by atomic mass is 9.98. The summed E-state index contributed by atoms with van der Waals surface area (Å²) in [4.78, 5) is 24.8. The molecule has 1 amide bonds. The number of aromatic nitrogens is 1. The minimum absolute atomic E-state index is 0.0579. The number of nitrogens with one attached hydrogen (secondary N) is 1. The van der Waals surface area contributed by atoms with Crippen molar-refractivity contribution in [1.82, 2.24) is 8.87 Å². The van der Waals surface area contributed by atoms with Gasteiger partial charge in [-0.05, 0) is 43.2 Å². The Morgan fingerprint density at radius 1 is 1.17 bits per heavy atom. The highest BCUT2D eigenvalue weighted by Crippen LogP contribution is 2.26. The third-order valence-corrected chi connectivity index (χ3v) is 8.07. The van der Waals surface area contributed by atoms with Gasteiger partial charge in [0.2, 0.25) is 15.9 Å². The standard InChI is InChI=1S/C20H21N3O4S2/c1-22-17-10-9-15(12-18(17)28-20(22)25)21-19(24)14-6-5-11-23(13-14)29(26,27)16-7-3-2-4-8-16/h2-4,7-10,12,14H,5-6,11,13H2,1H3,(H,21,24)/t14-/m1/s1. The molecule has 0 saturated carbocycles. The number of amides is 1. The van der Waals surface area contributed by atoms with Gasteiger partial charge >= 0.3 is 4.87 Å². The van der Waals surface area contributed by atoms with E-state index in [2.05, 4.69) is 5.32 Å². The van der Waals surface area contributed by atoms with E-state index in [-0.39, 0.29) is 22.2 Å². The zero-order valence-corrected chi connectivity index (χ0v) is 17.5. The van der Waals surface area contributed by atoms with E-state index in [1.165, 1.54) is 4.31 Å². The maximum absolute atomic E-state index is 12.9. The fourth-order valence-electron chi connectivity index (χ4n) is 3.57. The topological polar surface area (TPSA) is 88.5 Å². The third-order valence-electron chi connectivity index (χ3n) is 5.20. The van der Waals surface area contributed by atoms with Crippen molar-refractivity contribution in [3.05, 3.63) is 58.2 Å². The van der Waals surface area contributed by atoms with Crippen LogP contribution in [0.4, 0.5) is 5.69 Å². The molecule has 3 aromatic rings. The van der Waals surface area contributed by atoms with E-state index in [0.29, 0.717) is 25.1 Å². The smallest absolute Gasteiger partial charge is 0.307 e. The summed E-state index contributed by atoms with van der Waals surface area (Å²) in [6, 6.07) is 13.6. The number of anilines is 1. The average Bonchev–Trinajstić information content (AvgIpc) is 3.02. The number of benzene rings is 2. The van der Waals surface area contributed by atoms with E-state index in [4.69, 9.17) is 0 Å². The fraction of sp³-hybridized carbons (Fsp3) is 0.300. The van der Waals surface area contributed by atoms with Gasteiger partial charge in [0.15, 0.2) is 0 Å². The Labute approximate surface area is 172 Å². The van der Waals surface area contributed by atoms with E-state index in [1.54, 1.807) is 60.1 Å². The first-order valence-corrected chi connectivity index (χ1v) is 11.6. The number of carbonyl (C=O) groups is 1. The zero-order chi connectivity index (χ0) is 20.6. The SMILES string of the molecule is Cn1c(=O)sc2cc(NC(=O)[C@@H]3CCCN(S(=O)(=O)c4ccccc4)C3)ccc21. The molecule has 0 radical (unpaired) electrons. The summed E-state index contributed by atoms with van der Waals surface area (Å²) in [6.45, 7) is 0.564. The number of thiazole rings is 1. The summed E-state index contributed by atoms with van der Waals surface area (Å²) in [5.74, 6) is -0.631. The van der Waals surface area contributed by atoms with E-state index in [1.807, 2.05) is 0 Å². The van der Waals surface area contributed by atoms with Gasteiger partial charge in [0, 0.05) is 25.8 Å². The van der Waals surface area contributed by atoms with Crippen LogP contribution >= 0.6 is 11.3 Å². The number of sulfonamides is 1. The molecule has 1 atom stereocenters. The van der Waals surface area contributed by atoms with Crippen molar-refractivity contribution in [2.75, 3.05) is 18.4 Å². The lowest BCUT2D eigenvalue weighted by molar-refractivity contribution is -0.120. The van der Waals surface area contributed by atoms with Crippen LogP contribution in [0.3, 0.4) is 0 Å². The third kappa shape index (κ3) is 3.85. The van der Waals surface area contributed by atoms with Crippen molar-refractivity contribution in [3.63, 3.8) is 0 Å². The Balaban J connectivity index is 1.50. The van der Waals surface area contributed by atoms with Crippen molar-refractivity contribution in [1.29, 1.82) is 0 Å². The molecule has 0 unspecified atom stereocenters. The van der Waals surface area contributed by atoms with Crippen LogP contribution in [0, 0.1) is 5.92 Å². The Hall–Kier alpha value is -2.49. The molecule has 2 heterocycles. The monoisotopic (exact) mass is 431 g/mol. The largest absolute Gasteiger partial charge is 0.326 e. The summed E-state index contributed by atoms with van der Waals surface area (Å²) < 4.78 is 29.5. The number of carbonyl (C=O) groups excluding carboxylic acids is 1. The first-order chi connectivity index (χ1) is 13.9. The van der Waals surface area contributed by atoms with Crippen molar-refractivity contribution >= 4 is 43.2 Å². The van der Waals surface area contributed by atoms with E-state index >= 15 is 0 Å². The highest BCUT2D eigenvalue weighted by molar-refractivity contribution is 7.89. The number of piperidine rings is 1. The Morgan fingerprint density at radius 2 is 1.93 bits per heavy atom. The zero-order valence-electron chi connectivity index (χ0n) is 15.9. The molecule has 29 heavy (non-hydrogen) atoms. The van der Waals surface area contributed by atoms with Gasteiger partial charge in [0.1, 0.15) is 0 Å². The van der Waals surface area contributed by atoms with Crippen LogP contribution in [0.5, 0.6) is 0 Å².